The van der Waals surface area contributed by atoms with E-state index >= 15 is 0 Å². The summed E-state index contributed by atoms with van der Waals surface area (Å²) in [6.45, 7) is 1.90. The Morgan fingerprint density at radius 2 is 1.60 bits per heavy atom. The summed E-state index contributed by atoms with van der Waals surface area (Å²) >= 11 is 0. The van der Waals surface area contributed by atoms with E-state index in [1.807, 2.05) is 6.92 Å². The predicted molar refractivity (Wildman–Crippen MR) is 41.8 cm³/mol. The van der Waals surface area contributed by atoms with Crippen LogP contribution in [0.25, 0.3) is 0 Å². The molecule has 0 aliphatic heterocycles. The minimum atomic E-state index is -0.602. The maximum atomic E-state index is 5.10. The van der Waals surface area contributed by atoms with E-state index in [2.05, 4.69) is 0 Å². The van der Waals surface area contributed by atoms with Gasteiger partial charge in [0.25, 0.3) is 0 Å². The van der Waals surface area contributed by atoms with Gasteiger partial charge in [0.2, 0.25) is 0 Å². The lowest BCUT2D eigenvalue weighted by Crippen LogP contribution is -2.45. The van der Waals surface area contributed by atoms with Crippen molar-refractivity contribution in [2.24, 2.45) is 0 Å². The highest BCUT2D eigenvalue weighted by Crippen LogP contribution is 2.13. The monoisotopic (exact) mass is 163 g/mol. The number of rotatable bonds is 4. The van der Waals surface area contributed by atoms with Gasteiger partial charge in [0.15, 0.2) is 5.41 Å². The van der Waals surface area contributed by atoms with E-state index in [0.717, 1.165) is 0 Å². The molecule has 0 aromatic heterocycles. The molecule has 0 aromatic rings. The van der Waals surface area contributed by atoms with Gasteiger partial charge in [-0.15, -0.1) is 0 Å². The molecular formula is C6H15O3Si. The molecule has 0 saturated heterocycles. The van der Waals surface area contributed by atoms with Crippen LogP contribution in [0.3, 0.4) is 0 Å². The standard InChI is InChI=1S/C6H15O3Si/c1-5(7-2)6(10,8-3)9-4/h5H,10H2,1-4H3. The van der Waals surface area contributed by atoms with Gasteiger partial charge in [0, 0.05) is 21.3 Å². The van der Waals surface area contributed by atoms with Crippen molar-refractivity contribution in [3.63, 3.8) is 0 Å². The molecule has 0 rings (SSSR count). The van der Waals surface area contributed by atoms with E-state index in [4.69, 9.17) is 14.2 Å². The second kappa shape index (κ2) is 4.08. The van der Waals surface area contributed by atoms with Crippen molar-refractivity contribution in [3.05, 3.63) is 0 Å². The van der Waals surface area contributed by atoms with Crippen molar-refractivity contribution in [1.82, 2.24) is 0 Å². The van der Waals surface area contributed by atoms with E-state index in [1.165, 1.54) is 0 Å². The van der Waals surface area contributed by atoms with Gasteiger partial charge in [-0.3, -0.25) is 0 Å². The zero-order chi connectivity index (χ0) is 8.20. The molecule has 1 atom stereocenters. The summed E-state index contributed by atoms with van der Waals surface area (Å²) in [6.07, 6.45) is -0.0548. The van der Waals surface area contributed by atoms with Crippen molar-refractivity contribution in [3.8, 4) is 0 Å². The fourth-order valence-electron chi connectivity index (χ4n) is 0.595. The third-order valence-electron chi connectivity index (χ3n) is 1.66. The quantitative estimate of drug-likeness (QED) is 0.417. The lowest BCUT2D eigenvalue weighted by atomic mass is 10.4. The number of methoxy groups -OCH3 is 3. The van der Waals surface area contributed by atoms with Crippen LogP contribution in [0.15, 0.2) is 0 Å². The smallest absolute Gasteiger partial charge is 0.166 e. The zero-order valence-electron chi connectivity index (χ0n) is 7.01. The van der Waals surface area contributed by atoms with Gasteiger partial charge >= 0.3 is 0 Å². The van der Waals surface area contributed by atoms with Crippen molar-refractivity contribution < 1.29 is 14.2 Å². The first-order valence-electron chi connectivity index (χ1n) is 3.09. The molecule has 0 amide bonds. The van der Waals surface area contributed by atoms with Crippen LogP contribution >= 0.6 is 0 Å². The molecule has 3 nitrogen and oxygen atoms in total. The molecule has 1 radical (unpaired) electrons. The molecule has 0 aliphatic carbocycles. The van der Waals surface area contributed by atoms with Gasteiger partial charge in [-0.25, -0.2) is 0 Å². The van der Waals surface area contributed by atoms with Crippen LogP contribution in [0.5, 0.6) is 0 Å². The van der Waals surface area contributed by atoms with Gasteiger partial charge in [0.1, 0.15) is 6.10 Å². The van der Waals surface area contributed by atoms with Gasteiger partial charge in [-0.1, -0.05) is 0 Å². The van der Waals surface area contributed by atoms with E-state index in [0.29, 0.717) is 0 Å². The van der Waals surface area contributed by atoms with Gasteiger partial charge < -0.3 is 14.2 Å². The third-order valence-corrected chi connectivity index (χ3v) is 2.82. The minimum absolute atomic E-state index is 0.0548. The van der Waals surface area contributed by atoms with Crippen molar-refractivity contribution in [1.29, 1.82) is 0 Å². The topological polar surface area (TPSA) is 27.7 Å². The van der Waals surface area contributed by atoms with Crippen LogP contribution < -0.4 is 0 Å². The van der Waals surface area contributed by atoms with Crippen LogP contribution in [0.2, 0.25) is 0 Å². The Labute approximate surface area is 65.1 Å². The highest BCUT2D eigenvalue weighted by Gasteiger charge is 2.30. The van der Waals surface area contributed by atoms with Crippen LogP contribution in [-0.4, -0.2) is 43.1 Å². The number of hydrogen-bond donors (Lipinski definition) is 0. The number of ether oxygens (including phenoxy) is 3. The summed E-state index contributed by atoms with van der Waals surface area (Å²) in [4.78, 5) is 0. The average molecular weight is 163 g/mol. The molecule has 1 unspecified atom stereocenters. The summed E-state index contributed by atoms with van der Waals surface area (Å²) in [5, 5.41) is 0. The summed E-state index contributed by atoms with van der Waals surface area (Å²) in [7, 11) is 6.46. The second-order valence-electron chi connectivity index (χ2n) is 2.10. The Hall–Kier alpha value is 0.0969. The Morgan fingerprint density at radius 1 is 1.20 bits per heavy atom. The summed E-state index contributed by atoms with van der Waals surface area (Å²) < 4.78 is 15.3. The van der Waals surface area contributed by atoms with E-state index in [1.54, 1.807) is 31.6 Å². The van der Waals surface area contributed by atoms with Crippen molar-refractivity contribution in [2.75, 3.05) is 21.3 Å². The van der Waals surface area contributed by atoms with Crippen LogP contribution in [0.1, 0.15) is 6.92 Å². The molecule has 0 aliphatic rings. The molecule has 4 heteroatoms. The first-order chi connectivity index (χ1) is 4.60. The maximum Gasteiger partial charge on any atom is 0.166 e. The maximum absolute atomic E-state index is 5.10. The molecule has 0 spiro atoms. The predicted octanol–water partition coefficient (Wildman–Crippen LogP) is -0.399. The second-order valence-corrected chi connectivity index (χ2v) is 3.08. The lowest BCUT2D eigenvalue weighted by Gasteiger charge is -2.31. The summed E-state index contributed by atoms with van der Waals surface area (Å²) in [5.41, 5.74) is -0.602. The van der Waals surface area contributed by atoms with E-state index in [9.17, 15) is 0 Å². The highest BCUT2D eigenvalue weighted by molar-refractivity contribution is 6.13. The minimum Gasteiger partial charge on any atom is -0.377 e. The first kappa shape index (κ1) is 10.1. The zero-order valence-corrected chi connectivity index (χ0v) is 8.42. The Balaban J connectivity index is 4.02. The molecule has 0 saturated carbocycles. The SMILES string of the molecule is COC(C)C([SiH2])(OC)OC. The van der Waals surface area contributed by atoms with E-state index < -0.39 is 5.41 Å². The first-order valence-corrected chi connectivity index (χ1v) is 3.80. The van der Waals surface area contributed by atoms with Crippen LogP contribution in [-0.2, 0) is 14.2 Å². The molecule has 0 bridgehead atoms. The van der Waals surface area contributed by atoms with Gasteiger partial charge in [0.05, 0.1) is 10.2 Å². The van der Waals surface area contributed by atoms with E-state index in [-0.39, 0.29) is 6.10 Å². The van der Waals surface area contributed by atoms with Gasteiger partial charge in [-0.05, 0) is 6.92 Å². The fraction of sp³-hybridized carbons (Fsp3) is 1.00. The van der Waals surface area contributed by atoms with Crippen LogP contribution in [0, 0.1) is 0 Å². The molecule has 0 heterocycles. The molecule has 0 fully saturated rings. The fourth-order valence-corrected chi connectivity index (χ4v) is 0.761. The highest BCUT2D eigenvalue weighted by atomic mass is 28.1. The number of hydrogen-bond acceptors (Lipinski definition) is 3. The lowest BCUT2D eigenvalue weighted by molar-refractivity contribution is -0.202. The van der Waals surface area contributed by atoms with Crippen molar-refractivity contribution >= 4 is 10.2 Å². The Morgan fingerprint density at radius 3 is 1.70 bits per heavy atom. The van der Waals surface area contributed by atoms with Crippen molar-refractivity contribution in [2.45, 2.75) is 18.4 Å². The molecule has 10 heavy (non-hydrogen) atoms. The van der Waals surface area contributed by atoms with Crippen LogP contribution in [0.4, 0.5) is 0 Å². The molecule has 0 N–H and O–H groups in total. The largest absolute Gasteiger partial charge is 0.377 e. The normalized spacial score (nSPS) is 15.3. The summed E-state index contributed by atoms with van der Waals surface area (Å²) in [6, 6.07) is 0. The van der Waals surface area contributed by atoms with Gasteiger partial charge in [-0.2, -0.15) is 0 Å². The Bertz CT molecular complexity index is 93.0. The molecule has 61 valence electrons. The third kappa shape index (κ3) is 2.05. The summed E-state index contributed by atoms with van der Waals surface area (Å²) in [5.74, 6) is 0. The molecular weight excluding hydrogens is 148 g/mol. The molecule has 0 aromatic carbocycles. The Kier molecular flexibility index (Phi) is 4.11. The average Bonchev–Trinajstić information content (AvgIpc) is 2.01.